The van der Waals surface area contributed by atoms with Crippen LogP contribution < -0.4 is 15.4 Å². The van der Waals surface area contributed by atoms with Gasteiger partial charge in [-0.1, -0.05) is 13.0 Å². The predicted molar refractivity (Wildman–Crippen MR) is 163 cm³/mol. The molecule has 1 unspecified atom stereocenters. The number of benzene rings is 1. The van der Waals surface area contributed by atoms with Gasteiger partial charge in [0, 0.05) is 23.1 Å². The highest BCUT2D eigenvalue weighted by atomic mass is 16.5. The zero-order valence-electron chi connectivity index (χ0n) is 24.1. The topological polar surface area (TPSA) is 92.3 Å². The minimum Gasteiger partial charge on any atom is -0.480 e. The second-order valence-electron chi connectivity index (χ2n) is 11.2. The quantitative estimate of drug-likeness (QED) is 0.319. The highest BCUT2D eigenvalue weighted by Crippen LogP contribution is 2.40. The van der Waals surface area contributed by atoms with Gasteiger partial charge < -0.3 is 20.2 Å². The zero-order chi connectivity index (χ0) is 28.3. The van der Waals surface area contributed by atoms with Gasteiger partial charge in [0.2, 0.25) is 5.88 Å². The van der Waals surface area contributed by atoms with Crippen LogP contribution >= 0.6 is 0 Å². The Labute approximate surface area is 242 Å². The molecule has 41 heavy (non-hydrogen) atoms. The largest absolute Gasteiger partial charge is 0.480 e. The van der Waals surface area contributed by atoms with Crippen LogP contribution in [0.15, 0.2) is 48.4 Å². The predicted octanol–water partition coefficient (Wildman–Crippen LogP) is 6.23. The third kappa shape index (κ3) is 5.48. The van der Waals surface area contributed by atoms with E-state index in [0.29, 0.717) is 17.5 Å². The van der Waals surface area contributed by atoms with Crippen LogP contribution in [0.4, 0.5) is 11.5 Å². The molecule has 0 amide bonds. The number of anilines is 2. The van der Waals surface area contributed by atoms with Crippen molar-refractivity contribution in [1.82, 2.24) is 25.2 Å². The van der Waals surface area contributed by atoms with E-state index in [4.69, 9.17) is 9.72 Å². The molecule has 212 valence electrons. The number of hydrogen-bond donors (Lipinski definition) is 2. The normalized spacial score (nSPS) is 17.8. The fourth-order valence-corrected chi connectivity index (χ4v) is 6.25. The molecule has 1 atom stereocenters. The van der Waals surface area contributed by atoms with Crippen molar-refractivity contribution in [2.75, 3.05) is 25.5 Å². The number of methoxy groups -OCH3 is 1. The number of carbonyl (C=O) groups excluding carboxylic acids is 1. The maximum atomic E-state index is 11.5. The monoisotopic (exact) mass is 550 g/mol. The van der Waals surface area contributed by atoms with Crippen LogP contribution in [0.5, 0.6) is 5.88 Å². The van der Waals surface area contributed by atoms with Crippen LogP contribution in [0.2, 0.25) is 0 Å². The summed E-state index contributed by atoms with van der Waals surface area (Å²) in [5.41, 5.74) is 9.86. The number of likely N-dealkylation sites (tertiary alicyclic amines) is 1. The first-order valence-corrected chi connectivity index (χ1v) is 14.7. The molecule has 6 rings (SSSR count). The lowest BCUT2D eigenvalue weighted by Crippen LogP contribution is -2.41. The van der Waals surface area contributed by atoms with Gasteiger partial charge in [0.25, 0.3) is 0 Å². The molecule has 1 saturated carbocycles. The third-order valence-corrected chi connectivity index (χ3v) is 8.73. The Bertz CT molecular complexity index is 1500. The van der Waals surface area contributed by atoms with Gasteiger partial charge in [0.15, 0.2) is 0 Å². The molecule has 1 saturated heterocycles. The summed E-state index contributed by atoms with van der Waals surface area (Å²) in [5, 5.41) is 7.18. The van der Waals surface area contributed by atoms with Crippen LogP contribution in [0.3, 0.4) is 0 Å². The SMILES string of the molecule is CCC(C=O)N1CCC(c2ccc(Nc3nc(-c4cncc(OC)n4)cc4c3C(=C3CCC3)NC=C4)cc2C)CC1. The van der Waals surface area contributed by atoms with Gasteiger partial charge >= 0.3 is 0 Å². The first-order chi connectivity index (χ1) is 20.1. The fourth-order valence-electron chi connectivity index (χ4n) is 6.25. The number of aldehydes is 1. The Kier molecular flexibility index (Phi) is 7.83. The summed E-state index contributed by atoms with van der Waals surface area (Å²) in [6, 6.07) is 8.79. The summed E-state index contributed by atoms with van der Waals surface area (Å²) >= 11 is 0. The average molecular weight is 551 g/mol. The van der Waals surface area contributed by atoms with Gasteiger partial charge in [0.1, 0.15) is 17.8 Å². The molecule has 4 heterocycles. The van der Waals surface area contributed by atoms with Crippen molar-refractivity contribution in [2.45, 2.75) is 64.3 Å². The van der Waals surface area contributed by atoms with Crippen LogP contribution in [-0.4, -0.2) is 52.4 Å². The lowest BCUT2D eigenvalue weighted by atomic mass is 9.86. The van der Waals surface area contributed by atoms with Crippen molar-refractivity contribution < 1.29 is 9.53 Å². The highest BCUT2D eigenvalue weighted by molar-refractivity contribution is 5.88. The third-order valence-electron chi connectivity index (χ3n) is 8.73. The van der Waals surface area contributed by atoms with Gasteiger partial charge in [-0.15, -0.1) is 0 Å². The van der Waals surface area contributed by atoms with Crippen molar-refractivity contribution in [2.24, 2.45) is 0 Å². The van der Waals surface area contributed by atoms with E-state index in [-0.39, 0.29) is 6.04 Å². The van der Waals surface area contributed by atoms with Crippen LogP contribution in [0.1, 0.15) is 73.6 Å². The minimum absolute atomic E-state index is 0.0462. The highest BCUT2D eigenvalue weighted by Gasteiger charge is 2.27. The molecule has 8 heteroatoms. The van der Waals surface area contributed by atoms with Gasteiger partial charge in [-0.05, 0) is 111 Å². The van der Waals surface area contributed by atoms with E-state index in [1.807, 2.05) is 6.20 Å². The molecule has 1 aliphatic carbocycles. The Morgan fingerprint density at radius 1 is 1.15 bits per heavy atom. The number of ether oxygens (including phenoxy) is 1. The molecule has 2 aromatic heterocycles. The lowest BCUT2D eigenvalue weighted by molar-refractivity contribution is -0.112. The van der Waals surface area contributed by atoms with Crippen LogP contribution in [0.25, 0.3) is 23.2 Å². The number of fused-ring (bicyclic) bond motifs is 1. The Morgan fingerprint density at radius 3 is 2.66 bits per heavy atom. The molecule has 0 spiro atoms. The Morgan fingerprint density at radius 2 is 1.98 bits per heavy atom. The molecule has 3 aliphatic rings. The number of hydrogen-bond acceptors (Lipinski definition) is 8. The van der Waals surface area contributed by atoms with E-state index < -0.39 is 0 Å². The summed E-state index contributed by atoms with van der Waals surface area (Å²) in [5.74, 6) is 1.77. The first-order valence-electron chi connectivity index (χ1n) is 14.7. The molecule has 2 N–H and O–H groups in total. The summed E-state index contributed by atoms with van der Waals surface area (Å²) < 4.78 is 5.32. The number of allylic oxidation sites excluding steroid dienone is 1. The van der Waals surface area contributed by atoms with Crippen molar-refractivity contribution in [3.05, 3.63) is 70.7 Å². The Hall–Kier alpha value is -4.04. The summed E-state index contributed by atoms with van der Waals surface area (Å²) in [7, 11) is 1.59. The van der Waals surface area contributed by atoms with Crippen molar-refractivity contribution in [3.63, 3.8) is 0 Å². The second-order valence-corrected chi connectivity index (χ2v) is 11.2. The van der Waals surface area contributed by atoms with E-state index >= 15 is 0 Å². The number of aryl methyl sites for hydroxylation is 1. The van der Waals surface area contributed by atoms with Crippen LogP contribution in [0, 0.1) is 6.92 Å². The summed E-state index contributed by atoms with van der Waals surface area (Å²) in [4.78, 5) is 27.8. The standard InChI is InChI=1S/C33H38N6O2/c1-4-26(20-40)39-14-11-22(12-15-39)27-9-8-25(16-21(27)2)36-33-31-24(10-13-35-32(31)23-6-5-7-23)17-28(38-33)29-18-34-19-30(37-29)41-3/h8-10,13,16-20,22,26,35H,4-7,11-12,14-15H2,1-3H3,(H,36,38). The fraction of sp³-hybridized carbons (Fsp3) is 0.394. The first kappa shape index (κ1) is 27.1. The zero-order valence-corrected chi connectivity index (χ0v) is 24.1. The molecule has 0 bridgehead atoms. The number of aromatic nitrogens is 3. The molecule has 2 fully saturated rings. The van der Waals surface area contributed by atoms with Crippen molar-refractivity contribution >= 4 is 29.6 Å². The number of piperidine rings is 1. The average Bonchev–Trinajstić information content (AvgIpc) is 2.97. The van der Waals surface area contributed by atoms with Gasteiger partial charge in [-0.25, -0.2) is 9.97 Å². The van der Waals surface area contributed by atoms with Crippen molar-refractivity contribution in [3.8, 4) is 17.3 Å². The van der Waals surface area contributed by atoms with Crippen molar-refractivity contribution in [1.29, 1.82) is 0 Å². The van der Waals surface area contributed by atoms with Gasteiger partial charge in [-0.2, -0.15) is 0 Å². The molecular weight excluding hydrogens is 512 g/mol. The molecule has 3 aromatic rings. The van der Waals surface area contributed by atoms with E-state index in [1.54, 1.807) is 19.5 Å². The van der Waals surface area contributed by atoms with E-state index in [0.717, 1.165) is 85.5 Å². The molecule has 8 nitrogen and oxygen atoms in total. The Balaban J connectivity index is 1.31. The number of carbonyl (C=O) groups is 1. The van der Waals surface area contributed by atoms with E-state index in [1.165, 1.54) is 23.1 Å². The summed E-state index contributed by atoms with van der Waals surface area (Å²) in [6.45, 7) is 6.22. The van der Waals surface area contributed by atoms with Gasteiger partial charge in [-0.3, -0.25) is 9.88 Å². The summed E-state index contributed by atoms with van der Waals surface area (Å²) in [6.07, 6.45) is 15.0. The second kappa shape index (κ2) is 11.8. The number of pyridine rings is 1. The van der Waals surface area contributed by atoms with E-state index in [2.05, 4.69) is 69.7 Å². The molecule has 1 aromatic carbocycles. The lowest BCUT2D eigenvalue weighted by Gasteiger charge is -2.35. The molecule has 0 radical (unpaired) electrons. The maximum absolute atomic E-state index is 11.5. The maximum Gasteiger partial charge on any atom is 0.232 e. The number of rotatable bonds is 8. The number of nitrogens with zero attached hydrogens (tertiary/aromatic N) is 4. The van der Waals surface area contributed by atoms with E-state index in [9.17, 15) is 4.79 Å². The smallest absolute Gasteiger partial charge is 0.232 e. The molecule has 2 aliphatic heterocycles. The van der Waals surface area contributed by atoms with Gasteiger partial charge in [0.05, 0.1) is 31.2 Å². The van der Waals surface area contributed by atoms with Crippen LogP contribution in [-0.2, 0) is 4.79 Å². The number of nitrogens with one attached hydrogen (secondary N) is 2. The molecular formula is C33H38N6O2. The minimum atomic E-state index is 0.0462.